The third kappa shape index (κ3) is 6.63. The number of anilines is 2. The van der Waals surface area contributed by atoms with Crippen molar-refractivity contribution in [3.05, 3.63) is 95.6 Å². The minimum Gasteiger partial charge on any atom is -0.399 e. The van der Waals surface area contributed by atoms with Crippen molar-refractivity contribution in [3.8, 4) is 0 Å². The molecule has 1 heterocycles. The zero-order valence-electron chi connectivity index (χ0n) is 22.0. The minimum absolute atomic E-state index is 0.0159. The lowest BCUT2D eigenvalue weighted by Gasteiger charge is -2.36. The van der Waals surface area contributed by atoms with Gasteiger partial charge in [0.1, 0.15) is 0 Å². The number of hydrogen-bond donors (Lipinski definition) is 3. The first kappa shape index (κ1) is 27.0. The van der Waals surface area contributed by atoms with Crippen LogP contribution >= 0.6 is 0 Å². The number of nitrogens with zero attached hydrogens (tertiary/aromatic N) is 3. The molecule has 1 aliphatic heterocycles. The van der Waals surface area contributed by atoms with Crippen LogP contribution < -0.4 is 11.5 Å². The molecular weight excluding hydrogens is 478 g/mol. The summed E-state index contributed by atoms with van der Waals surface area (Å²) < 4.78 is 0. The van der Waals surface area contributed by atoms with Crippen LogP contribution in [0.1, 0.15) is 37.0 Å². The molecule has 0 aromatic heterocycles. The van der Waals surface area contributed by atoms with Gasteiger partial charge in [-0.15, -0.1) is 0 Å². The number of hydrogen-bond acceptors (Lipinski definition) is 5. The van der Waals surface area contributed by atoms with Gasteiger partial charge >= 0.3 is 6.03 Å². The number of hydrazine groups is 1. The molecule has 0 saturated carbocycles. The summed E-state index contributed by atoms with van der Waals surface area (Å²) >= 11 is 0. The van der Waals surface area contributed by atoms with Gasteiger partial charge in [0.05, 0.1) is 25.2 Å². The highest BCUT2D eigenvalue weighted by molar-refractivity contribution is 5.82. The molecule has 0 unspecified atom stereocenters. The number of carbonyl (C=O) groups excluding carboxylic acids is 2. The van der Waals surface area contributed by atoms with E-state index < -0.39 is 12.1 Å². The number of aliphatic hydroxyl groups is 1. The molecule has 200 valence electrons. The summed E-state index contributed by atoms with van der Waals surface area (Å²) in [7, 11) is 0. The molecule has 8 nitrogen and oxygen atoms in total. The lowest BCUT2D eigenvalue weighted by Crippen LogP contribution is -2.52. The van der Waals surface area contributed by atoms with Crippen molar-refractivity contribution in [1.82, 2.24) is 14.9 Å². The van der Waals surface area contributed by atoms with Gasteiger partial charge in [-0.3, -0.25) is 4.79 Å². The zero-order valence-corrected chi connectivity index (χ0v) is 22.0. The first-order valence-corrected chi connectivity index (χ1v) is 13.0. The maximum atomic E-state index is 14.3. The van der Waals surface area contributed by atoms with E-state index in [1.807, 2.05) is 68.4 Å². The second-order valence-electron chi connectivity index (χ2n) is 10.3. The molecule has 38 heavy (non-hydrogen) atoms. The first-order chi connectivity index (χ1) is 18.2. The van der Waals surface area contributed by atoms with Crippen LogP contribution in [0.15, 0.2) is 78.9 Å². The predicted molar refractivity (Wildman–Crippen MR) is 149 cm³/mol. The van der Waals surface area contributed by atoms with Crippen molar-refractivity contribution in [2.24, 2.45) is 5.92 Å². The van der Waals surface area contributed by atoms with Crippen LogP contribution in [0.3, 0.4) is 0 Å². The van der Waals surface area contributed by atoms with E-state index in [-0.39, 0.29) is 43.9 Å². The molecule has 0 aliphatic carbocycles. The maximum Gasteiger partial charge on any atom is 0.339 e. The maximum absolute atomic E-state index is 14.3. The highest BCUT2D eigenvalue weighted by Gasteiger charge is 2.41. The number of rotatable bonds is 8. The van der Waals surface area contributed by atoms with Gasteiger partial charge in [-0.25, -0.2) is 14.8 Å². The highest BCUT2D eigenvalue weighted by Crippen LogP contribution is 2.26. The third-order valence-corrected chi connectivity index (χ3v) is 6.77. The molecule has 4 rings (SSSR count). The number of amides is 3. The molecule has 0 spiro atoms. The van der Waals surface area contributed by atoms with E-state index in [0.29, 0.717) is 17.8 Å². The van der Waals surface area contributed by atoms with Crippen molar-refractivity contribution in [2.45, 2.75) is 51.9 Å². The van der Waals surface area contributed by atoms with Gasteiger partial charge in [-0.2, -0.15) is 0 Å². The number of β-amino-alcohol motifs (C(OH)–C–C–N with tert-alkyl or cyclic N) is 1. The molecule has 1 saturated heterocycles. The monoisotopic (exact) mass is 515 g/mol. The lowest BCUT2D eigenvalue weighted by atomic mass is 9.99. The van der Waals surface area contributed by atoms with E-state index in [0.717, 1.165) is 16.7 Å². The van der Waals surface area contributed by atoms with Gasteiger partial charge in [0.25, 0.3) is 0 Å². The van der Waals surface area contributed by atoms with Crippen molar-refractivity contribution in [2.75, 3.05) is 18.0 Å². The Hall–Kier alpha value is -4.04. The Balaban J connectivity index is 1.75. The fourth-order valence-electron chi connectivity index (χ4n) is 4.75. The van der Waals surface area contributed by atoms with Crippen LogP contribution in [-0.2, 0) is 24.3 Å². The van der Waals surface area contributed by atoms with E-state index in [9.17, 15) is 14.7 Å². The van der Waals surface area contributed by atoms with Crippen molar-refractivity contribution < 1.29 is 14.7 Å². The topological polar surface area (TPSA) is 116 Å². The van der Waals surface area contributed by atoms with Crippen LogP contribution in [0, 0.1) is 5.92 Å². The van der Waals surface area contributed by atoms with Crippen LogP contribution in [0.25, 0.3) is 0 Å². The van der Waals surface area contributed by atoms with E-state index in [2.05, 4.69) is 0 Å². The number of benzene rings is 3. The lowest BCUT2D eigenvalue weighted by molar-refractivity contribution is -0.147. The Labute approximate surface area is 224 Å². The fraction of sp³-hybridized carbons (Fsp3) is 0.333. The minimum atomic E-state index is -0.958. The normalized spacial score (nSPS) is 18.1. The average molecular weight is 516 g/mol. The molecule has 0 radical (unpaired) electrons. The van der Waals surface area contributed by atoms with Crippen molar-refractivity contribution in [1.29, 1.82) is 0 Å². The van der Waals surface area contributed by atoms with Gasteiger partial charge in [0, 0.05) is 24.3 Å². The SMILES string of the molecule is CC(C)CC(=O)N1C[C@@H](O)[C@@H](Cc2ccccc2)N(Cc2ccc(N)cc2)C(=O)N1Cc1ccc(N)cc1. The van der Waals surface area contributed by atoms with Crippen LogP contribution in [0.5, 0.6) is 0 Å². The second kappa shape index (κ2) is 12.0. The van der Waals surface area contributed by atoms with Crippen molar-refractivity contribution in [3.63, 3.8) is 0 Å². The van der Waals surface area contributed by atoms with Gasteiger partial charge in [-0.05, 0) is 53.3 Å². The Morgan fingerprint density at radius 2 is 1.42 bits per heavy atom. The zero-order chi connectivity index (χ0) is 27.2. The first-order valence-electron chi connectivity index (χ1n) is 13.0. The molecule has 1 aliphatic rings. The Morgan fingerprint density at radius 3 is 1.97 bits per heavy atom. The number of nitrogens with two attached hydrogens (primary N) is 2. The molecular formula is C30H37N5O3. The summed E-state index contributed by atoms with van der Waals surface area (Å²) in [5.41, 5.74) is 15.7. The summed E-state index contributed by atoms with van der Waals surface area (Å²) in [4.78, 5) is 29.5. The number of carbonyl (C=O) groups is 2. The Kier molecular flexibility index (Phi) is 8.53. The number of nitrogen functional groups attached to an aromatic ring is 2. The standard InChI is InChI=1S/C30H37N5O3/c1-21(2)16-29(37)34-20-28(36)27(17-22-6-4-3-5-7-22)33(18-23-8-12-25(31)13-9-23)30(38)35(34)19-24-10-14-26(32)15-11-24/h3-15,21,27-28,36H,16-20,31-32H2,1-2H3/t27-,28-/m1/s1. The summed E-state index contributed by atoms with van der Waals surface area (Å²) in [5, 5.41) is 14.5. The smallest absolute Gasteiger partial charge is 0.339 e. The summed E-state index contributed by atoms with van der Waals surface area (Å²) in [5.74, 6) is -0.0991. The van der Waals surface area contributed by atoms with Gasteiger partial charge in [-0.1, -0.05) is 68.4 Å². The quantitative estimate of drug-likeness (QED) is 0.392. The average Bonchev–Trinajstić information content (AvgIpc) is 2.98. The molecule has 3 aromatic carbocycles. The van der Waals surface area contributed by atoms with Gasteiger partial charge < -0.3 is 21.5 Å². The van der Waals surface area contributed by atoms with Crippen LogP contribution in [0.4, 0.5) is 16.2 Å². The van der Waals surface area contributed by atoms with E-state index in [4.69, 9.17) is 11.5 Å². The molecule has 2 atom stereocenters. The second-order valence-corrected chi connectivity index (χ2v) is 10.3. The van der Waals surface area contributed by atoms with E-state index >= 15 is 0 Å². The fourth-order valence-corrected chi connectivity index (χ4v) is 4.75. The third-order valence-electron chi connectivity index (χ3n) is 6.77. The molecule has 8 heteroatoms. The predicted octanol–water partition coefficient (Wildman–Crippen LogP) is 4.05. The number of urea groups is 1. The summed E-state index contributed by atoms with van der Waals surface area (Å²) in [6.07, 6.45) is -0.245. The van der Waals surface area contributed by atoms with Gasteiger partial charge in [0.2, 0.25) is 5.91 Å². The van der Waals surface area contributed by atoms with E-state index in [1.54, 1.807) is 29.2 Å². The molecule has 3 aromatic rings. The summed E-state index contributed by atoms with van der Waals surface area (Å²) in [6, 6.07) is 23.5. The Bertz CT molecular complexity index is 1210. The van der Waals surface area contributed by atoms with E-state index in [1.165, 1.54) is 10.0 Å². The molecule has 0 bridgehead atoms. The summed E-state index contributed by atoms with van der Waals surface area (Å²) in [6.45, 7) is 4.37. The number of aliphatic hydroxyl groups excluding tert-OH is 1. The molecule has 5 N–H and O–H groups in total. The van der Waals surface area contributed by atoms with Crippen molar-refractivity contribution >= 4 is 23.3 Å². The van der Waals surface area contributed by atoms with Crippen LogP contribution in [0.2, 0.25) is 0 Å². The highest BCUT2D eigenvalue weighted by atomic mass is 16.3. The van der Waals surface area contributed by atoms with Crippen LogP contribution in [-0.4, -0.2) is 50.7 Å². The molecule has 3 amide bonds. The molecule has 1 fully saturated rings. The largest absolute Gasteiger partial charge is 0.399 e. The van der Waals surface area contributed by atoms with Gasteiger partial charge in [0.15, 0.2) is 0 Å². The Morgan fingerprint density at radius 1 is 0.868 bits per heavy atom.